The molecule has 1 saturated heterocycles. The van der Waals surface area contributed by atoms with Crippen molar-refractivity contribution in [1.29, 1.82) is 0 Å². The van der Waals surface area contributed by atoms with Gasteiger partial charge in [0, 0.05) is 6.42 Å². The van der Waals surface area contributed by atoms with E-state index in [-0.39, 0.29) is 0 Å². The lowest BCUT2D eigenvalue weighted by molar-refractivity contribution is -0.497. The number of rotatable bonds is 3. The number of aliphatic hydroxyl groups is 1. The van der Waals surface area contributed by atoms with Crippen LogP contribution in [0.5, 0.6) is 0 Å². The van der Waals surface area contributed by atoms with E-state index in [9.17, 15) is 58.2 Å². The molecule has 3 atom stereocenters. The molecule has 1 aliphatic rings. The third kappa shape index (κ3) is 3.77. The monoisotopic (exact) mass is 440 g/mol. The molecule has 0 amide bonds. The Labute approximate surface area is 148 Å². The Hall–Kier alpha value is -1.64. The minimum Gasteiger partial charge on any atom is -0.449 e. The van der Waals surface area contributed by atoms with Crippen LogP contribution in [-0.4, -0.2) is 53.0 Å². The van der Waals surface area contributed by atoms with Crippen molar-refractivity contribution in [2.75, 3.05) is 0 Å². The Morgan fingerprint density at radius 2 is 1.61 bits per heavy atom. The number of hydrogen-bond acceptors (Lipinski definition) is 4. The fourth-order valence-electron chi connectivity index (χ4n) is 2.38. The van der Waals surface area contributed by atoms with Gasteiger partial charge in [-0.3, -0.25) is 0 Å². The van der Waals surface area contributed by atoms with Gasteiger partial charge in [-0.1, -0.05) is 13.5 Å². The Morgan fingerprint density at radius 3 is 1.93 bits per heavy atom. The van der Waals surface area contributed by atoms with Crippen LogP contribution >= 0.6 is 0 Å². The van der Waals surface area contributed by atoms with Crippen molar-refractivity contribution in [2.24, 2.45) is 0 Å². The third-order valence-electron chi connectivity index (χ3n) is 4.02. The van der Waals surface area contributed by atoms with Crippen LogP contribution in [0.15, 0.2) is 12.2 Å². The van der Waals surface area contributed by atoms with Crippen LogP contribution in [0.2, 0.25) is 0 Å². The minimum absolute atomic E-state index is 0.521. The van der Waals surface area contributed by atoms with Crippen LogP contribution in [0.3, 0.4) is 0 Å². The van der Waals surface area contributed by atoms with Crippen molar-refractivity contribution in [3.63, 3.8) is 0 Å². The average Bonchev–Trinajstić information content (AvgIpc) is 2.47. The van der Waals surface area contributed by atoms with E-state index in [1.54, 1.807) is 0 Å². The van der Waals surface area contributed by atoms with Gasteiger partial charge in [0.1, 0.15) is 5.57 Å². The van der Waals surface area contributed by atoms with Crippen molar-refractivity contribution in [2.45, 2.75) is 61.7 Å². The van der Waals surface area contributed by atoms with Gasteiger partial charge in [0.15, 0.2) is 11.7 Å². The van der Waals surface area contributed by atoms with E-state index in [0.717, 1.165) is 0 Å². The highest BCUT2D eigenvalue weighted by atomic mass is 19.4. The van der Waals surface area contributed by atoms with Gasteiger partial charge in [-0.05, 0) is 6.42 Å². The molecule has 164 valence electrons. The molecule has 0 spiro atoms. The number of alkyl halides is 11. The first kappa shape index (κ1) is 24.4. The van der Waals surface area contributed by atoms with E-state index in [1.165, 1.54) is 0 Å². The van der Waals surface area contributed by atoms with E-state index in [0.29, 0.717) is 6.92 Å². The van der Waals surface area contributed by atoms with Gasteiger partial charge < -0.3 is 14.6 Å². The summed E-state index contributed by atoms with van der Waals surface area (Å²) in [6.07, 6.45) is -25.4. The van der Waals surface area contributed by atoms with Crippen LogP contribution in [0.4, 0.5) is 48.3 Å². The molecule has 0 bridgehead atoms. The standard InChI is InChI=1S/C13H11F11O4/c1-3-8(28-7(25)5(2)9(14,15)16)4-6(10(17,18)19)27-12(26,11(8,20)21)13(22,23)24/h6,26H,2-4H2,1H3. The molecule has 0 aromatic carbocycles. The van der Waals surface area contributed by atoms with E-state index in [1.807, 2.05) is 0 Å². The van der Waals surface area contributed by atoms with Gasteiger partial charge >= 0.3 is 36.2 Å². The quantitative estimate of drug-likeness (QED) is 0.409. The number of ether oxygens (including phenoxy) is 2. The zero-order chi connectivity index (χ0) is 22.6. The number of carbonyl (C=O) groups is 1. The van der Waals surface area contributed by atoms with Crippen LogP contribution in [0.1, 0.15) is 19.8 Å². The van der Waals surface area contributed by atoms with Gasteiger partial charge in [-0.25, -0.2) is 4.79 Å². The molecule has 0 saturated carbocycles. The number of esters is 1. The highest BCUT2D eigenvalue weighted by Gasteiger charge is 2.83. The maximum absolute atomic E-state index is 14.5. The zero-order valence-electron chi connectivity index (χ0n) is 13.5. The molecule has 3 unspecified atom stereocenters. The number of carbonyl (C=O) groups excluding carboxylic acids is 1. The molecule has 0 aliphatic carbocycles. The van der Waals surface area contributed by atoms with E-state index in [4.69, 9.17) is 0 Å². The molecule has 4 nitrogen and oxygen atoms in total. The maximum atomic E-state index is 14.5. The highest BCUT2D eigenvalue weighted by molar-refractivity contribution is 5.89. The highest BCUT2D eigenvalue weighted by Crippen LogP contribution is 2.58. The predicted molar refractivity (Wildman–Crippen MR) is 65.8 cm³/mol. The van der Waals surface area contributed by atoms with Crippen LogP contribution in [0, 0.1) is 0 Å². The van der Waals surface area contributed by atoms with Crippen LogP contribution < -0.4 is 0 Å². The van der Waals surface area contributed by atoms with Gasteiger partial charge in [0.25, 0.3) is 0 Å². The average molecular weight is 440 g/mol. The lowest BCUT2D eigenvalue weighted by Gasteiger charge is -2.52. The van der Waals surface area contributed by atoms with Crippen molar-refractivity contribution < 1.29 is 67.7 Å². The molecule has 0 aromatic rings. The Bertz CT molecular complexity index is 636. The summed E-state index contributed by atoms with van der Waals surface area (Å²) in [5.41, 5.74) is -6.61. The molecular weight excluding hydrogens is 429 g/mol. The predicted octanol–water partition coefficient (Wildman–Crippen LogP) is 4.03. The number of hydrogen-bond donors (Lipinski definition) is 1. The fraction of sp³-hybridized carbons (Fsp3) is 0.769. The normalized spacial score (nSPS) is 31.4. The summed E-state index contributed by atoms with van der Waals surface area (Å²) in [5, 5.41) is 9.31. The lowest BCUT2D eigenvalue weighted by atomic mass is 9.78. The molecule has 0 aromatic heterocycles. The maximum Gasteiger partial charge on any atom is 0.449 e. The summed E-state index contributed by atoms with van der Waals surface area (Å²) in [7, 11) is 0. The first-order valence-electron chi connectivity index (χ1n) is 7.07. The summed E-state index contributed by atoms with van der Waals surface area (Å²) in [6.45, 7) is 2.70. The van der Waals surface area contributed by atoms with E-state index >= 15 is 0 Å². The van der Waals surface area contributed by atoms with Crippen LogP contribution in [-0.2, 0) is 14.3 Å². The molecule has 1 heterocycles. The Balaban J connectivity index is 3.59. The molecule has 15 heteroatoms. The molecule has 1 N–H and O–H groups in total. The SMILES string of the molecule is C=C(C(=O)OC1(CC)CC(C(F)(F)F)OC(O)(C(F)(F)F)C1(F)F)C(F)(F)F. The van der Waals surface area contributed by atoms with Gasteiger partial charge in [-0.2, -0.15) is 48.3 Å². The third-order valence-corrected chi connectivity index (χ3v) is 4.02. The zero-order valence-corrected chi connectivity index (χ0v) is 13.5. The van der Waals surface area contributed by atoms with Crippen molar-refractivity contribution in [3.8, 4) is 0 Å². The summed E-state index contributed by atoms with van der Waals surface area (Å²) in [5.74, 6) is -14.4. The van der Waals surface area contributed by atoms with Gasteiger partial charge in [0.2, 0.25) is 0 Å². The summed E-state index contributed by atoms with van der Waals surface area (Å²) < 4.78 is 151. The molecular formula is C13H11F11O4. The second kappa shape index (κ2) is 6.71. The molecule has 0 radical (unpaired) electrons. The summed E-state index contributed by atoms with van der Waals surface area (Å²) in [6, 6.07) is 0. The first-order valence-corrected chi connectivity index (χ1v) is 7.07. The lowest BCUT2D eigenvalue weighted by Crippen LogP contribution is -2.76. The summed E-state index contributed by atoms with van der Waals surface area (Å²) in [4.78, 5) is 11.5. The molecule has 28 heavy (non-hydrogen) atoms. The van der Waals surface area contributed by atoms with Crippen LogP contribution in [0.25, 0.3) is 0 Å². The first-order chi connectivity index (χ1) is 12.2. The molecule has 1 rings (SSSR count). The van der Waals surface area contributed by atoms with Gasteiger partial charge in [0.05, 0.1) is 0 Å². The Morgan fingerprint density at radius 1 is 1.14 bits per heavy atom. The number of halogens is 11. The fourth-order valence-corrected chi connectivity index (χ4v) is 2.38. The smallest absolute Gasteiger partial charge is 0.449 e. The Kier molecular flexibility index (Phi) is 5.85. The second-order valence-corrected chi connectivity index (χ2v) is 5.78. The summed E-state index contributed by atoms with van der Waals surface area (Å²) >= 11 is 0. The van der Waals surface area contributed by atoms with E-state index < -0.39 is 66.3 Å². The largest absolute Gasteiger partial charge is 0.449 e. The second-order valence-electron chi connectivity index (χ2n) is 5.78. The molecule has 1 aliphatic heterocycles. The van der Waals surface area contributed by atoms with Crippen molar-refractivity contribution in [3.05, 3.63) is 12.2 Å². The minimum atomic E-state index is -6.55. The van der Waals surface area contributed by atoms with E-state index in [2.05, 4.69) is 16.1 Å². The van der Waals surface area contributed by atoms with Crippen molar-refractivity contribution >= 4 is 5.97 Å². The topological polar surface area (TPSA) is 55.8 Å². The van der Waals surface area contributed by atoms with Crippen molar-refractivity contribution in [1.82, 2.24) is 0 Å². The van der Waals surface area contributed by atoms with Gasteiger partial charge in [-0.15, -0.1) is 0 Å². The molecule has 1 fully saturated rings.